The van der Waals surface area contributed by atoms with E-state index < -0.39 is 0 Å². The van der Waals surface area contributed by atoms with E-state index in [1.165, 1.54) is 0 Å². The highest BCUT2D eigenvalue weighted by Gasteiger charge is 2.13. The maximum Gasteiger partial charge on any atom is 0.142 e. The highest BCUT2D eigenvalue weighted by Crippen LogP contribution is 2.31. The van der Waals surface area contributed by atoms with Crippen LogP contribution < -0.4 is 10.5 Å². The second-order valence-corrected chi connectivity index (χ2v) is 4.90. The SMILES string of the molecule is COc1ccc(-c2cc(-c3cccnc3)nc(N)c2C#N)cc1. The summed E-state index contributed by atoms with van der Waals surface area (Å²) in [7, 11) is 1.61. The number of nitriles is 1. The Hall–Kier alpha value is -3.39. The van der Waals surface area contributed by atoms with E-state index in [-0.39, 0.29) is 5.82 Å². The van der Waals surface area contributed by atoms with Gasteiger partial charge in [-0.1, -0.05) is 12.1 Å². The molecule has 0 spiro atoms. The van der Waals surface area contributed by atoms with Crippen molar-refractivity contribution in [1.82, 2.24) is 9.97 Å². The maximum absolute atomic E-state index is 9.42. The standard InChI is InChI=1S/C18H14N4O/c1-23-14-6-4-12(5-7-14)15-9-17(13-3-2-8-21-11-13)22-18(20)16(15)10-19/h2-9,11H,1H3,(H2,20,22). The Morgan fingerprint density at radius 3 is 2.52 bits per heavy atom. The Morgan fingerprint density at radius 1 is 1.13 bits per heavy atom. The van der Waals surface area contributed by atoms with Gasteiger partial charge in [0.1, 0.15) is 23.2 Å². The second-order valence-electron chi connectivity index (χ2n) is 4.90. The number of anilines is 1. The van der Waals surface area contributed by atoms with Crippen LogP contribution in [-0.2, 0) is 0 Å². The lowest BCUT2D eigenvalue weighted by Crippen LogP contribution is -2.00. The normalized spacial score (nSPS) is 10.1. The number of hydrogen-bond acceptors (Lipinski definition) is 5. The van der Waals surface area contributed by atoms with E-state index >= 15 is 0 Å². The highest BCUT2D eigenvalue weighted by atomic mass is 16.5. The number of benzene rings is 1. The van der Waals surface area contributed by atoms with Gasteiger partial charge in [0.25, 0.3) is 0 Å². The quantitative estimate of drug-likeness (QED) is 0.802. The number of nitrogens with zero attached hydrogens (tertiary/aromatic N) is 3. The lowest BCUT2D eigenvalue weighted by Gasteiger charge is -2.10. The summed E-state index contributed by atoms with van der Waals surface area (Å²) in [6.07, 6.45) is 3.41. The van der Waals surface area contributed by atoms with Gasteiger partial charge in [-0.2, -0.15) is 5.26 Å². The van der Waals surface area contributed by atoms with E-state index in [0.717, 1.165) is 22.4 Å². The minimum Gasteiger partial charge on any atom is -0.497 e. The van der Waals surface area contributed by atoms with Crippen molar-refractivity contribution in [2.24, 2.45) is 0 Å². The first kappa shape index (κ1) is 14.5. The number of nitrogens with two attached hydrogens (primary N) is 1. The molecule has 0 radical (unpaired) electrons. The molecule has 0 aliphatic heterocycles. The van der Waals surface area contributed by atoms with Gasteiger partial charge in [0.05, 0.1) is 12.8 Å². The largest absolute Gasteiger partial charge is 0.497 e. The molecule has 3 rings (SSSR count). The third-order valence-electron chi connectivity index (χ3n) is 3.52. The van der Waals surface area contributed by atoms with E-state index in [2.05, 4.69) is 16.0 Å². The molecule has 1 aromatic carbocycles. The van der Waals surface area contributed by atoms with Gasteiger partial charge in [0, 0.05) is 23.5 Å². The third kappa shape index (κ3) is 2.83. The summed E-state index contributed by atoms with van der Waals surface area (Å²) < 4.78 is 5.17. The topological polar surface area (TPSA) is 84.8 Å². The zero-order valence-corrected chi connectivity index (χ0v) is 12.5. The second kappa shape index (κ2) is 6.16. The van der Waals surface area contributed by atoms with Gasteiger partial charge in [-0.3, -0.25) is 4.98 Å². The molecular formula is C18H14N4O. The number of ether oxygens (including phenoxy) is 1. The molecule has 23 heavy (non-hydrogen) atoms. The average molecular weight is 302 g/mol. The molecule has 0 bridgehead atoms. The first-order chi connectivity index (χ1) is 11.2. The summed E-state index contributed by atoms with van der Waals surface area (Å²) in [6, 6.07) is 15.2. The summed E-state index contributed by atoms with van der Waals surface area (Å²) in [5.74, 6) is 0.960. The molecule has 3 aromatic rings. The molecular weight excluding hydrogens is 288 g/mol. The molecule has 0 saturated carbocycles. The van der Waals surface area contributed by atoms with Crippen LogP contribution >= 0.6 is 0 Å². The van der Waals surface area contributed by atoms with Crippen LogP contribution in [0.15, 0.2) is 54.9 Å². The van der Waals surface area contributed by atoms with Crippen molar-refractivity contribution in [3.8, 4) is 34.2 Å². The third-order valence-corrected chi connectivity index (χ3v) is 3.52. The van der Waals surface area contributed by atoms with Gasteiger partial charge < -0.3 is 10.5 Å². The number of methoxy groups -OCH3 is 1. The molecule has 0 atom stereocenters. The minimum atomic E-state index is 0.208. The van der Waals surface area contributed by atoms with Crippen molar-refractivity contribution < 1.29 is 4.74 Å². The van der Waals surface area contributed by atoms with Crippen molar-refractivity contribution in [2.75, 3.05) is 12.8 Å². The van der Waals surface area contributed by atoms with E-state index in [9.17, 15) is 5.26 Å². The van der Waals surface area contributed by atoms with Gasteiger partial charge in [-0.05, 0) is 35.9 Å². The lowest BCUT2D eigenvalue weighted by atomic mass is 9.99. The van der Waals surface area contributed by atoms with Crippen LogP contribution in [0.2, 0.25) is 0 Å². The molecule has 0 amide bonds. The van der Waals surface area contributed by atoms with Gasteiger partial charge >= 0.3 is 0 Å². The zero-order chi connectivity index (χ0) is 16.2. The predicted octanol–water partition coefficient (Wildman–Crippen LogP) is 3.27. The molecule has 0 aliphatic carbocycles. The monoisotopic (exact) mass is 302 g/mol. The van der Waals surface area contributed by atoms with Crippen molar-refractivity contribution in [1.29, 1.82) is 5.26 Å². The fourth-order valence-electron chi connectivity index (χ4n) is 2.34. The van der Waals surface area contributed by atoms with Crippen molar-refractivity contribution >= 4 is 5.82 Å². The minimum absolute atomic E-state index is 0.208. The molecule has 112 valence electrons. The molecule has 0 saturated heterocycles. The maximum atomic E-state index is 9.42. The first-order valence-electron chi connectivity index (χ1n) is 6.98. The summed E-state index contributed by atoms with van der Waals surface area (Å²) in [5, 5.41) is 9.42. The smallest absolute Gasteiger partial charge is 0.142 e. The zero-order valence-electron chi connectivity index (χ0n) is 12.5. The Labute approximate surface area is 134 Å². The lowest BCUT2D eigenvalue weighted by molar-refractivity contribution is 0.415. The van der Waals surface area contributed by atoms with Crippen LogP contribution in [0.3, 0.4) is 0 Å². The van der Waals surface area contributed by atoms with Gasteiger partial charge in [-0.25, -0.2) is 4.98 Å². The number of pyridine rings is 2. The summed E-state index contributed by atoms with van der Waals surface area (Å²) in [5.41, 5.74) is 9.49. The van der Waals surface area contributed by atoms with Gasteiger partial charge in [0.2, 0.25) is 0 Å². The molecule has 5 heteroatoms. The molecule has 0 fully saturated rings. The van der Waals surface area contributed by atoms with Crippen molar-refractivity contribution in [3.63, 3.8) is 0 Å². The first-order valence-corrected chi connectivity index (χ1v) is 6.98. The van der Waals surface area contributed by atoms with E-state index in [0.29, 0.717) is 11.3 Å². The molecule has 2 aromatic heterocycles. The average Bonchev–Trinajstić information content (AvgIpc) is 2.62. The van der Waals surface area contributed by atoms with E-state index in [1.54, 1.807) is 19.5 Å². The highest BCUT2D eigenvalue weighted by molar-refractivity contribution is 5.80. The van der Waals surface area contributed by atoms with Crippen molar-refractivity contribution in [2.45, 2.75) is 0 Å². The Kier molecular flexibility index (Phi) is 3.89. The van der Waals surface area contributed by atoms with Crippen LogP contribution in [-0.4, -0.2) is 17.1 Å². The predicted molar refractivity (Wildman–Crippen MR) is 88.6 cm³/mol. The molecule has 2 heterocycles. The van der Waals surface area contributed by atoms with E-state index in [1.807, 2.05) is 42.5 Å². The number of nitrogen functional groups attached to an aromatic ring is 1. The molecule has 2 N–H and O–H groups in total. The van der Waals surface area contributed by atoms with Crippen LogP contribution in [0.4, 0.5) is 5.82 Å². The Bertz CT molecular complexity index is 868. The number of aromatic nitrogens is 2. The summed E-state index contributed by atoms with van der Waals surface area (Å²) in [4.78, 5) is 8.42. The fraction of sp³-hybridized carbons (Fsp3) is 0.0556. The van der Waals surface area contributed by atoms with E-state index in [4.69, 9.17) is 10.5 Å². The van der Waals surface area contributed by atoms with Crippen LogP contribution in [0.25, 0.3) is 22.4 Å². The van der Waals surface area contributed by atoms with Crippen LogP contribution in [0.1, 0.15) is 5.56 Å². The molecule has 0 aliphatic rings. The van der Waals surface area contributed by atoms with Gasteiger partial charge in [-0.15, -0.1) is 0 Å². The number of hydrogen-bond donors (Lipinski definition) is 1. The Balaban J connectivity index is 2.18. The van der Waals surface area contributed by atoms with Crippen LogP contribution in [0, 0.1) is 11.3 Å². The summed E-state index contributed by atoms with van der Waals surface area (Å²) in [6.45, 7) is 0. The van der Waals surface area contributed by atoms with Crippen LogP contribution in [0.5, 0.6) is 5.75 Å². The number of rotatable bonds is 3. The molecule has 5 nitrogen and oxygen atoms in total. The molecule has 0 unspecified atom stereocenters. The summed E-state index contributed by atoms with van der Waals surface area (Å²) >= 11 is 0. The van der Waals surface area contributed by atoms with Crippen molar-refractivity contribution in [3.05, 3.63) is 60.4 Å². The van der Waals surface area contributed by atoms with Gasteiger partial charge in [0.15, 0.2) is 0 Å². The fourth-order valence-corrected chi connectivity index (χ4v) is 2.34. The Morgan fingerprint density at radius 2 is 1.91 bits per heavy atom.